The van der Waals surface area contributed by atoms with Crippen LogP contribution in [0.1, 0.15) is 19.3 Å². The largest absolute Gasteiger partial charge is 0.495 e. The number of nitrogens with zero attached hydrogens (tertiary/aromatic N) is 2. The average Bonchev–Trinajstić information content (AvgIpc) is 2.93. The number of methoxy groups -OCH3 is 1. The van der Waals surface area contributed by atoms with Crippen LogP contribution in [0.2, 0.25) is 5.02 Å². The van der Waals surface area contributed by atoms with E-state index in [0.717, 1.165) is 23.6 Å². The summed E-state index contributed by atoms with van der Waals surface area (Å²) in [6.45, 7) is 0.280. The van der Waals surface area contributed by atoms with Gasteiger partial charge in [0.15, 0.2) is 0 Å². The first-order valence-electron chi connectivity index (χ1n) is 11.9. The van der Waals surface area contributed by atoms with Gasteiger partial charge < -0.3 is 10.1 Å². The third kappa shape index (κ3) is 6.12. The maximum absolute atomic E-state index is 13.5. The third-order valence-corrected chi connectivity index (χ3v) is 10.1. The molecular weight excluding hydrogens is 550 g/mol. The number of sulfonamides is 2. The Morgan fingerprint density at radius 2 is 1.61 bits per heavy atom. The van der Waals surface area contributed by atoms with Crippen LogP contribution in [0.3, 0.4) is 0 Å². The highest BCUT2D eigenvalue weighted by atomic mass is 35.5. The second kappa shape index (κ2) is 11.7. The number of piperidine rings is 1. The topological polar surface area (TPSA) is 113 Å². The fourth-order valence-electron chi connectivity index (χ4n) is 4.17. The Bertz CT molecular complexity index is 1490. The minimum absolute atomic E-state index is 0.0297. The van der Waals surface area contributed by atoms with Gasteiger partial charge in [-0.3, -0.25) is 9.10 Å². The molecule has 202 valence electrons. The van der Waals surface area contributed by atoms with Crippen LogP contribution in [0.25, 0.3) is 0 Å². The molecule has 1 saturated heterocycles. The molecular formula is C26H28ClN3O6S2. The van der Waals surface area contributed by atoms with Crippen LogP contribution < -0.4 is 14.4 Å². The fraction of sp³-hybridized carbons (Fsp3) is 0.269. The van der Waals surface area contributed by atoms with Gasteiger partial charge in [-0.2, -0.15) is 4.31 Å². The molecule has 0 aromatic heterocycles. The zero-order chi connectivity index (χ0) is 27.3. The number of rotatable bonds is 9. The molecule has 0 aliphatic carbocycles. The van der Waals surface area contributed by atoms with Crippen LogP contribution in [0.4, 0.5) is 11.4 Å². The molecule has 1 aliphatic heterocycles. The van der Waals surface area contributed by atoms with Crippen molar-refractivity contribution < 1.29 is 26.4 Å². The molecule has 3 aromatic carbocycles. The molecule has 3 aromatic rings. The van der Waals surface area contributed by atoms with Crippen LogP contribution in [0, 0.1) is 0 Å². The van der Waals surface area contributed by atoms with Crippen molar-refractivity contribution in [1.82, 2.24) is 4.31 Å². The van der Waals surface area contributed by atoms with Gasteiger partial charge in [-0.1, -0.05) is 36.2 Å². The summed E-state index contributed by atoms with van der Waals surface area (Å²) in [6.07, 6.45) is 2.51. The molecule has 1 fully saturated rings. The molecule has 0 radical (unpaired) electrons. The molecule has 12 heteroatoms. The van der Waals surface area contributed by atoms with E-state index >= 15 is 0 Å². The predicted octanol–water partition coefficient (Wildman–Crippen LogP) is 4.36. The molecule has 0 saturated carbocycles. The molecule has 1 heterocycles. The van der Waals surface area contributed by atoms with E-state index < -0.39 is 32.5 Å². The van der Waals surface area contributed by atoms with Crippen molar-refractivity contribution in [2.45, 2.75) is 29.1 Å². The molecule has 0 atom stereocenters. The van der Waals surface area contributed by atoms with Gasteiger partial charge in [-0.25, -0.2) is 16.8 Å². The van der Waals surface area contributed by atoms with E-state index in [9.17, 15) is 21.6 Å². The minimum Gasteiger partial charge on any atom is -0.495 e. The Labute approximate surface area is 228 Å². The normalized spacial score (nSPS) is 14.6. The lowest BCUT2D eigenvalue weighted by atomic mass is 10.2. The van der Waals surface area contributed by atoms with Gasteiger partial charge in [-0.15, -0.1) is 0 Å². The number of nitrogens with one attached hydrogen (secondary N) is 1. The lowest BCUT2D eigenvalue weighted by Gasteiger charge is -2.27. The summed E-state index contributed by atoms with van der Waals surface area (Å²) in [5.74, 6) is -0.498. The lowest BCUT2D eigenvalue weighted by Crippen LogP contribution is -2.38. The van der Waals surface area contributed by atoms with E-state index in [0.29, 0.717) is 23.8 Å². The van der Waals surface area contributed by atoms with Gasteiger partial charge in [0, 0.05) is 23.8 Å². The highest BCUT2D eigenvalue weighted by Gasteiger charge is 2.30. The third-order valence-electron chi connectivity index (χ3n) is 6.11. The van der Waals surface area contributed by atoms with Crippen LogP contribution in [0.15, 0.2) is 82.6 Å². The molecule has 1 amide bonds. The van der Waals surface area contributed by atoms with Crippen molar-refractivity contribution in [2.75, 3.05) is 36.4 Å². The first-order chi connectivity index (χ1) is 18.1. The van der Waals surface area contributed by atoms with Gasteiger partial charge in [0.1, 0.15) is 17.2 Å². The summed E-state index contributed by atoms with van der Waals surface area (Å²) in [5.41, 5.74) is 0.490. The van der Waals surface area contributed by atoms with Crippen molar-refractivity contribution in [2.24, 2.45) is 0 Å². The summed E-state index contributed by atoms with van der Waals surface area (Å²) in [7, 11) is -6.60. The Hall–Kier alpha value is -3.12. The van der Waals surface area contributed by atoms with Gasteiger partial charge in [-0.05, 0) is 67.4 Å². The van der Waals surface area contributed by atoms with Crippen LogP contribution in [-0.2, 0) is 24.8 Å². The van der Waals surface area contributed by atoms with Gasteiger partial charge in [0.05, 0.1) is 17.7 Å². The zero-order valence-electron chi connectivity index (χ0n) is 20.7. The second-order valence-electron chi connectivity index (χ2n) is 8.68. The van der Waals surface area contributed by atoms with Crippen molar-refractivity contribution >= 4 is 48.9 Å². The fourth-order valence-corrected chi connectivity index (χ4v) is 7.42. The number of carbonyl (C=O) groups excluding carboxylic acids is 1. The van der Waals surface area contributed by atoms with Gasteiger partial charge in [0.2, 0.25) is 15.9 Å². The predicted molar refractivity (Wildman–Crippen MR) is 147 cm³/mol. The van der Waals surface area contributed by atoms with E-state index in [1.165, 1.54) is 53.9 Å². The quantitative estimate of drug-likeness (QED) is 0.404. The first kappa shape index (κ1) is 27.9. The molecule has 1 N–H and O–H groups in total. The molecule has 1 aliphatic rings. The standard InChI is InChI=1S/C26H28ClN3O6S2/c1-36-24-15-12-21(18-25(24)38(34,35)29-16-6-3-7-17-29)28-26(31)19-30(22-8-4-2-5-9-22)37(32,33)23-13-10-20(27)11-14-23/h2,4-5,8-15,18H,3,6-7,16-17,19H2,1H3,(H,28,31). The molecule has 0 unspecified atom stereocenters. The Balaban J connectivity index is 1.62. The zero-order valence-corrected chi connectivity index (χ0v) is 23.1. The number of halogens is 1. The van der Waals surface area contributed by atoms with Crippen molar-refractivity contribution in [1.29, 1.82) is 0 Å². The Kier molecular flexibility index (Phi) is 8.61. The number of amides is 1. The SMILES string of the molecule is COc1ccc(NC(=O)CN(c2ccccc2)S(=O)(=O)c2ccc(Cl)cc2)cc1S(=O)(=O)N1CCCCC1. The summed E-state index contributed by atoms with van der Waals surface area (Å²) >= 11 is 5.92. The summed E-state index contributed by atoms with van der Waals surface area (Å²) < 4.78 is 61.3. The van der Waals surface area contributed by atoms with Gasteiger partial charge >= 0.3 is 0 Å². The maximum atomic E-state index is 13.5. The lowest BCUT2D eigenvalue weighted by molar-refractivity contribution is -0.114. The number of hydrogen-bond donors (Lipinski definition) is 1. The monoisotopic (exact) mass is 577 g/mol. The van der Waals surface area contributed by atoms with Crippen molar-refractivity contribution in [3.8, 4) is 5.75 Å². The number of hydrogen-bond acceptors (Lipinski definition) is 6. The van der Waals surface area contributed by atoms with E-state index in [2.05, 4.69) is 5.32 Å². The van der Waals surface area contributed by atoms with Crippen LogP contribution in [0.5, 0.6) is 5.75 Å². The molecule has 4 rings (SSSR count). The van der Waals surface area contributed by atoms with E-state index in [1.54, 1.807) is 30.3 Å². The molecule has 9 nitrogen and oxygen atoms in total. The number of benzene rings is 3. The highest BCUT2D eigenvalue weighted by Crippen LogP contribution is 2.31. The van der Waals surface area contributed by atoms with Gasteiger partial charge in [0.25, 0.3) is 10.0 Å². The molecule has 38 heavy (non-hydrogen) atoms. The van der Waals surface area contributed by atoms with E-state index in [-0.39, 0.29) is 21.2 Å². The smallest absolute Gasteiger partial charge is 0.264 e. The Morgan fingerprint density at radius 3 is 2.24 bits per heavy atom. The highest BCUT2D eigenvalue weighted by molar-refractivity contribution is 7.92. The van der Waals surface area contributed by atoms with E-state index in [1.807, 2.05) is 0 Å². The minimum atomic E-state index is -4.12. The van der Waals surface area contributed by atoms with E-state index in [4.69, 9.17) is 16.3 Å². The summed E-state index contributed by atoms with van der Waals surface area (Å²) in [5, 5.41) is 3.01. The molecule has 0 bridgehead atoms. The average molecular weight is 578 g/mol. The van der Waals surface area contributed by atoms with Crippen LogP contribution >= 0.6 is 11.6 Å². The van der Waals surface area contributed by atoms with Crippen molar-refractivity contribution in [3.63, 3.8) is 0 Å². The second-order valence-corrected chi connectivity index (χ2v) is 12.9. The number of carbonyl (C=O) groups is 1. The molecule has 0 spiro atoms. The first-order valence-corrected chi connectivity index (χ1v) is 15.2. The Morgan fingerprint density at radius 1 is 0.947 bits per heavy atom. The summed E-state index contributed by atoms with van der Waals surface area (Å²) in [4.78, 5) is 13.0. The maximum Gasteiger partial charge on any atom is 0.264 e. The number of para-hydroxylation sites is 1. The summed E-state index contributed by atoms with van der Waals surface area (Å²) in [6, 6.07) is 18.2. The number of anilines is 2. The number of ether oxygens (including phenoxy) is 1. The van der Waals surface area contributed by atoms with Crippen LogP contribution in [-0.4, -0.2) is 53.8 Å². The van der Waals surface area contributed by atoms with Crippen molar-refractivity contribution in [3.05, 3.63) is 77.8 Å².